The van der Waals surface area contributed by atoms with Crippen LogP contribution >= 0.6 is 11.6 Å². The number of carbonyl (C=O) groups excluding carboxylic acids is 1. The van der Waals surface area contributed by atoms with Gasteiger partial charge in [-0.05, 0) is 36.8 Å². The number of hydrogen-bond donors (Lipinski definition) is 3. The third-order valence-corrected chi connectivity index (χ3v) is 5.01. The van der Waals surface area contributed by atoms with E-state index in [1.54, 1.807) is 6.07 Å². The van der Waals surface area contributed by atoms with Crippen molar-refractivity contribution in [1.29, 1.82) is 0 Å². The Labute approximate surface area is 172 Å². The Morgan fingerprint density at radius 2 is 2.07 bits per heavy atom. The Balaban J connectivity index is 0.000000177. The van der Waals surface area contributed by atoms with Gasteiger partial charge in [0.15, 0.2) is 0 Å². The van der Waals surface area contributed by atoms with E-state index in [-0.39, 0.29) is 28.8 Å². The maximum absolute atomic E-state index is 12.5. The number of nitrogen functional groups attached to an aromatic ring is 2. The van der Waals surface area contributed by atoms with E-state index in [0.717, 1.165) is 30.3 Å². The van der Waals surface area contributed by atoms with E-state index >= 15 is 0 Å². The molecule has 0 unspecified atom stereocenters. The lowest BCUT2D eigenvalue weighted by Crippen LogP contribution is -2.22. The number of nitrogens with zero attached hydrogens (tertiary/aromatic N) is 3. The van der Waals surface area contributed by atoms with E-state index in [4.69, 9.17) is 23.1 Å². The van der Waals surface area contributed by atoms with Crippen LogP contribution in [0.1, 0.15) is 41.9 Å². The number of halogens is 1. The quantitative estimate of drug-likeness (QED) is 0.604. The lowest BCUT2D eigenvalue weighted by atomic mass is 10.1. The number of nitrogens with two attached hydrogens (primary N) is 2. The molecule has 1 aliphatic carbocycles. The van der Waals surface area contributed by atoms with Crippen LogP contribution in [-0.4, -0.2) is 27.5 Å². The summed E-state index contributed by atoms with van der Waals surface area (Å²) in [7, 11) is 1.50. The molecule has 0 spiro atoms. The Morgan fingerprint density at radius 3 is 2.66 bits per heavy atom. The summed E-state index contributed by atoms with van der Waals surface area (Å²) in [5.41, 5.74) is 12.1. The molecule has 1 saturated carbocycles. The van der Waals surface area contributed by atoms with Gasteiger partial charge in [-0.1, -0.05) is 30.7 Å². The minimum Gasteiger partial charge on any atom is -0.383 e. The minimum atomic E-state index is -0.326. The van der Waals surface area contributed by atoms with Crippen LogP contribution in [0.5, 0.6) is 0 Å². The summed E-state index contributed by atoms with van der Waals surface area (Å²) < 4.78 is 1.94. The first kappa shape index (κ1) is 20.6. The SMILES string of the molecule is CCc1cc2cccc(Cl)c2c(=O)n1C1CC1.CNC(=O)c1cnc(N)nc1N. The highest BCUT2D eigenvalue weighted by atomic mass is 35.5. The largest absolute Gasteiger partial charge is 0.383 e. The lowest BCUT2D eigenvalue weighted by molar-refractivity contribution is 0.0963. The number of rotatable bonds is 3. The third-order valence-electron chi connectivity index (χ3n) is 4.69. The number of benzene rings is 1. The molecule has 5 N–H and O–H groups in total. The zero-order valence-electron chi connectivity index (χ0n) is 16.3. The van der Waals surface area contributed by atoms with Crippen molar-refractivity contribution in [3.05, 3.63) is 57.1 Å². The molecule has 1 amide bonds. The summed E-state index contributed by atoms with van der Waals surface area (Å²) in [6, 6.07) is 8.14. The van der Waals surface area contributed by atoms with E-state index in [0.29, 0.717) is 16.5 Å². The number of nitrogens with one attached hydrogen (secondary N) is 1. The molecule has 29 heavy (non-hydrogen) atoms. The number of carbonyl (C=O) groups is 1. The number of aromatic nitrogens is 3. The van der Waals surface area contributed by atoms with Crippen molar-refractivity contribution in [2.45, 2.75) is 32.2 Å². The molecule has 0 bridgehead atoms. The number of fused-ring (bicyclic) bond motifs is 1. The van der Waals surface area contributed by atoms with Crippen molar-refractivity contribution < 1.29 is 4.79 Å². The highest BCUT2D eigenvalue weighted by Crippen LogP contribution is 2.35. The molecule has 2 aromatic heterocycles. The van der Waals surface area contributed by atoms with Crippen molar-refractivity contribution in [2.75, 3.05) is 18.5 Å². The Kier molecular flexibility index (Phi) is 6.03. The first-order valence-corrected chi connectivity index (χ1v) is 9.67. The predicted molar refractivity (Wildman–Crippen MR) is 115 cm³/mol. The monoisotopic (exact) mass is 414 g/mol. The standard InChI is InChI=1S/C14H14ClNO.C6H9N5O/c1-2-10-8-9-4-3-5-12(15)13(9)14(17)16(10)11-6-7-11;1-9-5(12)3-2-10-6(8)11-4(3)7/h3-5,8,11H,2,6-7H2,1H3;2H,1H3,(H,9,12)(H4,7,8,10,11). The highest BCUT2D eigenvalue weighted by Gasteiger charge is 2.27. The average molecular weight is 415 g/mol. The van der Waals surface area contributed by atoms with Gasteiger partial charge >= 0.3 is 0 Å². The number of amides is 1. The number of aryl methyl sites for hydroxylation is 1. The van der Waals surface area contributed by atoms with Crippen LogP contribution in [0, 0.1) is 0 Å². The van der Waals surface area contributed by atoms with Gasteiger partial charge in [-0.25, -0.2) is 4.98 Å². The molecule has 8 nitrogen and oxygen atoms in total. The van der Waals surface area contributed by atoms with Crippen molar-refractivity contribution >= 4 is 40.0 Å². The van der Waals surface area contributed by atoms with Crippen LogP contribution in [0.2, 0.25) is 5.02 Å². The van der Waals surface area contributed by atoms with Crippen molar-refractivity contribution in [3.8, 4) is 0 Å². The second-order valence-corrected chi connectivity index (χ2v) is 7.11. The van der Waals surface area contributed by atoms with Crippen LogP contribution in [-0.2, 0) is 6.42 Å². The van der Waals surface area contributed by atoms with Crippen molar-refractivity contribution in [3.63, 3.8) is 0 Å². The normalized spacial score (nSPS) is 12.9. The molecule has 0 aliphatic heterocycles. The molecule has 2 heterocycles. The summed E-state index contributed by atoms with van der Waals surface area (Å²) in [6.45, 7) is 2.09. The second kappa shape index (κ2) is 8.48. The Morgan fingerprint density at radius 1 is 1.34 bits per heavy atom. The van der Waals surface area contributed by atoms with E-state index in [9.17, 15) is 9.59 Å². The summed E-state index contributed by atoms with van der Waals surface area (Å²) in [5.74, 6) is -0.186. The van der Waals surface area contributed by atoms with Crippen LogP contribution in [0.25, 0.3) is 10.8 Å². The smallest absolute Gasteiger partial charge is 0.260 e. The Bertz CT molecular complexity index is 1120. The topological polar surface area (TPSA) is 129 Å². The van der Waals surface area contributed by atoms with Gasteiger partial charge in [-0.3, -0.25) is 9.59 Å². The molecular formula is C20H23ClN6O2. The van der Waals surface area contributed by atoms with Crippen LogP contribution < -0.4 is 22.3 Å². The molecule has 0 atom stereocenters. The fraction of sp³-hybridized carbons (Fsp3) is 0.300. The predicted octanol–water partition coefficient (Wildman–Crippen LogP) is 2.55. The maximum atomic E-state index is 12.5. The summed E-state index contributed by atoms with van der Waals surface area (Å²) in [5, 5.41) is 4.58. The second-order valence-electron chi connectivity index (χ2n) is 6.71. The molecule has 152 valence electrons. The van der Waals surface area contributed by atoms with E-state index in [1.807, 2.05) is 16.7 Å². The van der Waals surface area contributed by atoms with Crippen LogP contribution in [0.3, 0.4) is 0 Å². The van der Waals surface area contributed by atoms with E-state index in [1.165, 1.54) is 13.2 Å². The molecule has 4 rings (SSSR count). The number of pyridine rings is 1. The van der Waals surface area contributed by atoms with Crippen LogP contribution in [0.15, 0.2) is 35.3 Å². The van der Waals surface area contributed by atoms with E-state index < -0.39 is 0 Å². The fourth-order valence-corrected chi connectivity index (χ4v) is 3.37. The van der Waals surface area contributed by atoms with Gasteiger partial charge in [-0.2, -0.15) is 4.98 Å². The van der Waals surface area contributed by atoms with Crippen LogP contribution in [0.4, 0.5) is 11.8 Å². The molecule has 0 radical (unpaired) electrons. The molecule has 3 aromatic rings. The fourth-order valence-electron chi connectivity index (χ4n) is 3.11. The molecule has 1 aromatic carbocycles. The molecule has 1 fully saturated rings. The van der Waals surface area contributed by atoms with Gasteiger partial charge in [0, 0.05) is 25.0 Å². The van der Waals surface area contributed by atoms with Gasteiger partial charge in [0.25, 0.3) is 11.5 Å². The molecular weight excluding hydrogens is 392 g/mol. The summed E-state index contributed by atoms with van der Waals surface area (Å²) >= 11 is 6.14. The van der Waals surface area contributed by atoms with Gasteiger partial charge in [0.05, 0.1) is 16.0 Å². The van der Waals surface area contributed by atoms with Gasteiger partial charge in [0.2, 0.25) is 5.95 Å². The first-order valence-electron chi connectivity index (χ1n) is 9.30. The lowest BCUT2D eigenvalue weighted by Gasteiger charge is -2.12. The summed E-state index contributed by atoms with van der Waals surface area (Å²) in [4.78, 5) is 30.8. The zero-order valence-corrected chi connectivity index (χ0v) is 17.0. The summed E-state index contributed by atoms with van der Waals surface area (Å²) in [6.07, 6.45) is 4.40. The highest BCUT2D eigenvalue weighted by molar-refractivity contribution is 6.35. The van der Waals surface area contributed by atoms with Gasteiger partial charge in [-0.15, -0.1) is 0 Å². The first-order chi connectivity index (χ1) is 13.9. The van der Waals surface area contributed by atoms with Crippen molar-refractivity contribution in [1.82, 2.24) is 19.9 Å². The Hall–Kier alpha value is -3.13. The zero-order chi connectivity index (χ0) is 21.1. The number of anilines is 2. The molecule has 1 aliphatic rings. The van der Waals surface area contributed by atoms with Gasteiger partial charge < -0.3 is 21.4 Å². The third kappa shape index (κ3) is 4.32. The average Bonchev–Trinajstić information content (AvgIpc) is 3.52. The molecule has 0 saturated heterocycles. The maximum Gasteiger partial charge on any atom is 0.260 e. The van der Waals surface area contributed by atoms with Gasteiger partial charge in [0.1, 0.15) is 5.82 Å². The number of hydrogen-bond acceptors (Lipinski definition) is 6. The van der Waals surface area contributed by atoms with E-state index in [2.05, 4.69) is 28.3 Å². The van der Waals surface area contributed by atoms with Crippen molar-refractivity contribution in [2.24, 2.45) is 0 Å². The minimum absolute atomic E-state index is 0.0557. The molecule has 9 heteroatoms.